The van der Waals surface area contributed by atoms with Crippen molar-refractivity contribution >= 4 is 39.1 Å². The molecule has 3 aromatic rings. The van der Waals surface area contributed by atoms with Crippen LogP contribution in [0.1, 0.15) is 56.6 Å². The predicted octanol–water partition coefficient (Wildman–Crippen LogP) is 6.14. The van der Waals surface area contributed by atoms with E-state index in [9.17, 15) is 18.0 Å². The smallest absolute Gasteiger partial charge is 0.264 e. The fourth-order valence-electron chi connectivity index (χ4n) is 5.44. The molecule has 0 aromatic heterocycles. The van der Waals surface area contributed by atoms with Crippen molar-refractivity contribution in [2.45, 2.75) is 75.8 Å². The number of sulfonamides is 1. The molecule has 0 unspecified atom stereocenters. The highest BCUT2D eigenvalue weighted by Crippen LogP contribution is 2.27. The van der Waals surface area contributed by atoms with Crippen LogP contribution in [0.3, 0.4) is 0 Å². The van der Waals surface area contributed by atoms with E-state index in [0.717, 1.165) is 41.1 Å². The van der Waals surface area contributed by atoms with Gasteiger partial charge in [0.25, 0.3) is 10.0 Å². The molecule has 224 valence electrons. The molecule has 42 heavy (non-hydrogen) atoms. The quantitative estimate of drug-likeness (QED) is 0.267. The highest BCUT2D eigenvalue weighted by molar-refractivity contribution is 7.92. The van der Waals surface area contributed by atoms with Crippen LogP contribution in [0.15, 0.2) is 83.8 Å². The normalized spacial score (nSPS) is 14.6. The van der Waals surface area contributed by atoms with Crippen molar-refractivity contribution < 1.29 is 18.0 Å². The van der Waals surface area contributed by atoms with Gasteiger partial charge in [-0.15, -0.1) is 0 Å². The van der Waals surface area contributed by atoms with E-state index >= 15 is 0 Å². The van der Waals surface area contributed by atoms with Crippen LogP contribution in [0.4, 0.5) is 5.69 Å². The van der Waals surface area contributed by atoms with Gasteiger partial charge >= 0.3 is 0 Å². The molecule has 9 heteroatoms. The number of rotatable bonds is 12. The number of hydrogen-bond donors (Lipinski definition) is 1. The molecular weight excluding hydrogens is 570 g/mol. The first-order valence-electron chi connectivity index (χ1n) is 14.7. The summed E-state index contributed by atoms with van der Waals surface area (Å²) in [6.07, 6.45) is 6.10. The van der Waals surface area contributed by atoms with Crippen molar-refractivity contribution in [1.82, 2.24) is 10.2 Å². The zero-order valence-corrected chi connectivity index (χ0v) is 25.9. The van der Waals surface area contributed by atoms with E-state index in [-0.39, 0.29) is 29.1 Å². The van der Waals surface area contributed by atoms with Crippen LogP contribution in [-0.4, -0.2) is 50.3 Å². The summed E-state index contributed by atoms with van der Waals surface area (Å²) >= 11 is 6.26. The third-order valence-electron chi connectivity index (χ3n) is 7.81. The van der Waals surface area contributed by atoms with Gasteiger partial charge in [-0.1, -0.05) is 91.9 Å². The van der Waals surface area contributed by atoms with Gasteiger partial charge in [0.1, 0.15) is 12.6 Å². The van der Waals surface area contributed by atoms with Gasteiger partial charge in [-0.2, -0.15) is 0 Å². The molecule has 0 aliphatic heterocycles. The predicted molar refractivity (Wildman–Crippen MR) is 168 cm³/mol. The second kappa shape index (κ2) is 14.7. The summed E-state index contributed by atoms with van der Waals surface area (Å²) in [5, 5.41) is 3.53. The molecule has 2 amide bonds. The van der Waals surface area contributed by atoms with Crippen molar-refractivity contribution in [3.8, 4) is 0 Å². The molecule has 1 atom stereocenters. The van der Waals surface area contributed by atoms with Gasteiger partial charge in [0.2, 0.25) is 11.8 Å². The summed E-state index contributed by atoms with van der Waals surface area (Å²) in [4.78, 5) is 29.4. The topological polar surface area (TPSA) is 86.8 Å². The molecule has 0 bridgehead atoms. The lowest BCUT2D eigenvalue weighted by Crippen LogP contribution is -2.54. The molecule has 0 spiro atoms. The molecule has 0 radical (unpaired) electrons. The van der Waals surface area contributed by atoms with Crippen LogP contribution >= 0.6 is 11.6 Å². The van der Waals surface area contributed by atoms with E-state index in [0.29, 0.717) is 17.9 Å². The number of anilines is 1. The number of benzene rings is 3. The maximum absolute atomic E-state index is 14.2. The third-order valence-corrected chi connectivity index (χ3v) is 9.83. The Morgan fingerprint density at radius 3 is 2.29 bits per heavy atom. The monoisotopic (exact) mass is 609 g/mol. The van der Waals surface area contributed by atoms with Crippen LogP contribution in [0, 0.1) is 6.92 Å². The lowest BCUT2D eigenvalue weighted by Gasteiger charge is -2.34. The maximum Gasteiger partial charge on any atom is 0.264 e. The lowest BCUT2D eigenvalue weighted by atomic mass is 9.95. The summed E-state index contributed by atoms with van der Waals surface area (Å²) in [5.41, 5.74) is 2.22. The Kier molecular flexibility index (Phi) is 11.0. The van der Waals surface area contributed by atoms with Crippen LogP contribution < -0.4 is 9.62 Å². The Bertz CT molecular complexity index is 1440. The van der Waals surface area contributed by atoms with Crippen LogP contribution in [0.2, 0.25) is 5.02 Å². The van der Waals surface area contributed by atoms with Gasteiger partial charge in [0, 0.05) is 17.6 Å². The Hall–Kier alpha value is -3.36. The molecule has 1 aliphatic rings. The van der Waals surface area contributed by atoms with E-state index < -0.39 is 28.5 Å². The maximum atomic E-state index is 14.2. The molecule has 1 N–H and O–H groups in total. The summed E-state index contributed by atoms with van der Waals surface area (Å²) in [7, 11) is -4.13. The highest BCUT2D eigenvalue weighted by Gasteiger charge is 2.34. The summed E-state index contributed by atoms with van der Waals surface area (Å²) in [6, 6.07) is 22.1. The van der Waals surface area contributed by atoms with Crippen LogP contribution in [0.25, 0.3) is 0 Å². The third kappa shape index (κ3) is 8.13. The van der Waals surface area contributed by atoms with Crippen molar-refractivity contribution in [3.05, 3.63) is 95.0 Å². The average Bonchev–Trinajstić information content (AvgIpc) is 2.99. The van der Waals surface area contributed by atoms with Crippen LogP contribution in [0.5, 0.6) is 0 Å². The average molecular weight is 610 g/mol. The van der Waals surface area contributed by atoms with Gasteiger partial charge in [-0.05, 0) is 68.5 Å². The first kappa shape index (κ1) is 31.6. The van der Waals surface area contributed by atoms with Gasteiger partial charge in [0.15, 0.2) is 0 Å². The fourth-order valence-corrected chi connectivity index (χ4v) is 7.03. The van der Waals surface area contributed by atoms with Crippen molar-refractivity contribution in [3.63, 3.8) is 0 Å². The number of nitrogens with one attached hydrogen (secondary N) is 1. The molecule has 0 saturated heterocycles. The Labute approximate surface area is 254 Å². The summed E-state index contributed by atoms with van der Waals surface area (Å²) in [5.74, 6) is -0.645. The molecular formula is C33H40ClN3O4S. The molecule has 0 heterocycles. The second-order valence-electron chi connectivity index (χ2n) is 10.9. The van der Waals surface area contributed by atoms with Gasteiger partial charge in [-0.3, -0.25) is 13.9 Å². The van der Waals surface area contributed by atoms with Crippen molar-refractivity contribution in [1.29, 1.82) is 0 Å². The van der Waals surface area contributed by atoms with E-state index in [1.165, 1.54) is 24.6 Å². The van der Waals surface area contributed by atoms with E-state index in [4.69, 9.17) is 11.6 Å². The van der Waals surface area contributed by atoms with Crippen molar-refractivity contribution in [2.75, 3.05) is 17.4 Å². The SMILES string of the molecule is CC[C@@H](C(=O)NC1CCCCC1)N(CCc1ccccc1)C(=O)CN(c1cccc(Cl)c1)S(=O)(=O)c1ccc(C)cc1. The number of aryl methyl sites for hydroxylation is 1. The molecule has 7 nitrogen and oxygen atoms in total. The number of hydrogen-bond acceptors (Lipinski definition) is 4. The minimum atomic E-state index is -4.13. The van der Waals surface area contributed by atoms with E-state index in [1.807, 2.05) is 44.2 Å². The Morgan fingerprint density at radius 2 is 1.64 bits per heavy atom. The van der Waals surface area contributed by atoms with Gasteiger partial charge < -0.3 is 10.2 Å². The zero-order chi connectivity index (χ0) is 30.1. The Balaban J connectivity index is 1.66. The number of nitrogens with zero attached hydrogens (tertiary/aromatic N) is 2. The molecule has 4 rings (SSSR count). The largest absolute Gasteiger partial charge is 0.352 e. The molecule has 1 aliphatic carbocycles. The summed E-state index contributed by atoms with van der Waals surface area (Å²) in [6.45, 7) is 3.56. The number of halogens is 1. The lowest BCUT2D eigenvalue weighted by molar-refractivity contribution is -0.140. The fraction of sp³-hybridized carbons (Fsp3) is 0.394. The highest BCUT2D eigenvalue weighted by atomic mass is 35.5. The molecule has 1 fully saturated rings. The minimum Gasteiger partial charge on any atom is -0.352 e. The second-order valence-corrected chi connectivity index (χ2v) is 13.2. The number of carbonyl (C=O) groups is 2. The number of amides is 2. The molecule has 1 saturated carbocycles. The van der Waals surface area contributed by atoms with E-state index in [1.54, 1.807) is 35.2 Å². The zero-order valence-electron chi connectivity index (χ0n) is 24.3. The van der Waals surface area contributed by atoms with Gasteiger partial charge in [-0.25, -0.2) is 8.42 Å². The first-order chi connectivity index (χ1) is 20.2. The van der Waals surface area contributed by atoms with E-state index in [2.05, 4.69) is 5.32 Å². The first-order valence-corrected chi connectivity index (χ1v) is 16.5. The minimum absolute atomic E-state index is 0.0683. The summed E-state index contributed by atoms with van der Waals surface area (Å²) < 4.78 is 29.0. The van der Waals surface area contributed by atoms with Crippen LogP contribution in [-0.2, 0) is 26.0 Å². The Morgan fingerprint density at radius 1 is 0.952 bits per heavy atom. The molecule has 3 aromatic carbocycles. The van der Waals surface area contributed by atoms with Gasteiger partial charge in [0.05, 0.1) is 10.6 Å². The van der Waals surface area contributed by atoms with Crippen molar-refractivity contribution in [2.24, 2.45) is 0 Å². The standard InChI is InChI=1S/C33H40ClN3O4S/c1-3-31(33(39)35-28-14-8-5-9-15-28)36(22-21-26-11-6-4-7-12-26)32(38)24-37(29-16-10-13-27(34)23-29)42(40,41)30-19-17-25(2)18-20-30/h4,6-7,10-13,16-20,23,28,31H,3,5,8-9,14-15,21-22,24H2,1-2H3,(H,35,39)/t31-/m0/s1. The number of carbonyl (C=O) groups excluding carboxylic acids is 2.